The Kier molecular flexibility index (Phi) is 4.32. The second-order valence-corrected chi connectivity index (χ2v) is 6.40. The molecule has 0 spiro atoms. The van der Waals surface area contributed by atoms with E-state index in [0.29, 0.717) is 47.2 Å². The van der Waals surface area contributed by atoms with Crippen molar-refractivity contribution >= 4 is 16.8 Å². The van der Waals surface area contributed by atoms with Gasteiger partial charge in [-0.15, -0.1) is 0 Å². The first-order valence-corrected chi connectivity index (χ1v) is 8.62. The third-order valence-corrected chi connectivity index (χ3v) is 4.41. The molecule has 0 N–H and O–H groups in total. The lowest BCUT2D eigenvalue weighted by Crippen LogP contribution is -2.15. The van der Waals surface area contributed by atoms with Crippen molar-refractivity contribution in [2.45, 2.75) is 13.8 Å². The molecule has 0 bridgehead atoms. The Hall–Kier alpha value is -3.28. The standard InChI is InChI=1S/C21H18O6/c1-12(22)11-26-15-4-6-17-16(10-15)13(2)20(21(23)27-17)14-3-5-18-19(9-14)25-8-7-24-18/h3-6,9-10H,7-8,11H2,1-2H3. The zero-order chi connectivity index (χ0) is 19.0. The fraction of sp³-hybridized carbons (Fsp3) is 0.238. The summed E-state index contributed by atoms with van der Waals surface area (Å²) in [5.74, 6) is 1.75. The van der Waals surface area contributed by atoms with E-state index in [-0.39, 0.29) is 12.4 Å². The second kappa shape index (κ2) is 6.79. The van der Waals surface area contributed by atoms with Gasteiger partial charge in [0.05, 0.1) is 5.56 Å². The van der Waals surface area contributed by atoms with Gasteiger partial charge in [-0.05, 0) is 55.3 Å². The number of hydrogen-bond donors (Lipinski definition) is 0. The van der Waals surface area contributed by atoms with E-state index in [1.165, 1.54) is 6.92 Å². The lowest BCUT2D eigenvalue weighted by Gasteiger charge is -2.19. The Morgan fingerprint density at radius 2 is 1.85 bits per heavy atom. The van der Waals surface area contributed by atoms with Crippen LogP contribution in [0.2, 0.25) is 0 Å². The van der Waals surface area contributed by atoms with Gasteiger partial charge in [-0.25, -0.2) is 4.79 Å². The molecule has 2 aromatic carbocycles. The van der Waals surface area contributed by atoms with Crippen LogP contribution in [0.15, 0.2) is 45.6 Å². The predicted octanol–water partition coefficient (Wildman–Crippen LogP) is 3.51. The lowest BCUT2D eigenvalue weighted by atomic mass is 9.99. The average molecular weight is 366 g/mol. The molecule has 2 heterocycles. The molecule has 0 saturated carbocycles. The molecule has 1 aromatic heterocycles. The molecule has 1 aliphatic rings. The van der Waals surface area contributed by atoms with E-state index in [4.69, 9.17) is 18.6 Å². The summed E-state index contributed by atoms with van der Waals surface area (Å²) >= 11 is 0. The normalized spacial score (nSPS) is 12.8. The van der Waals surface area contributed by atoms with Crippen molar-refractivity contribution in [2.75, 3.05) is 19.8 Å². The number of fused-ring (bicyclic) bond motifs is 2. The Morgan fingerprint density at radius 1 is 1.07 bits per heavy atom. The summed E-state index contributed by atoms with van der Waals surface area (Å²) in [7, 11) is 0. The molecule has 27 heavy (non-hydrogen) atoms. The summed E-state index contributed by atoms with van der Waals surface area (Å²) in [5.41, 5.74) is 1.97. The minimum Gasteiger partial charge on any atom is -0.486 e. The van der Waals surface area contributed by atoms with Crippen molar-refractivity contribution < 1.29 is 23.4 Å². The second-order valence-electron chi connectivity index (χ2n) is 6.40. The molecule has 1 aliphatic heterocycles. The summed E-state index contributed by atoms with van der Waals surface area (Å²) in [5, 5.41) is 0.751. The Morgan fingerprint density at radius 3 is 2.63 bits per heavy atom. The number of hydrogen-bond acceptors (Lipinski definition) is 6. The van der Waals surface area contributed by atoms with Crippen LogP contribution in [0, 0.1) is 6.92 Å². The number of aryl methyl sites for hydroxylation is 1. The molecule has 0 fully saturated rings. The lowest BCUT2D eigenvalue weighted by molar-refractivity contribution is -0.118. The van der Waals surface area contributed by atoms with Crippen LogP contribution in [0.25, 0.3) is 22.1 Å². The topological polar surface area (TPSA) is 75.0 Å². The molecular formula is C21H18O6. The van der Waals surface area contributed by atoms with Gasteiger partial charge in [0.2, 0.25) is 0 Å². The maximum absolute atomic E-state index is 12.6. The summed E-state index contributed by atoms with van der Waals surface area (Å²) in [6, 6.07) is 10.5. The zero-order valence-corrected chi connectivity index (χ0v) is 15.0. The quantitative estimate of drug-likeness (QED) is 0.658. The van der Waals surface area contributed by atoms with Gasteiger partial charge in [0.15, 0.2) is 17.3 Å². The van der Waals surface area contributed by atoms with Gasteiger partial charge in [-0.3, -0.25) is 4.79 Å². The Labute approximate surface area is 155 Å². The highest BCUT2D eigenvalue weighted by Crippen LogP contribution is 2.36. The van der Waals surface area contributed by atoms with Crippen LogP contribution in [0.5, 0.6) is 17.2 Å². The minimum absolute atomic E-state index is 0.00362. The van der Waals surface area contributed by atoms with Crippen LogP contribution in [-0.2, 0) is 4.79 Å². The van der Waals surface area contributed by atoms with Crippen molar-refractivity contribution in [3.63, 3.8) is 0 Å². The molecular weight excluding hydrogens is 348 g/mol. The molecule has 6 nitrogen and oxygen atoms in total. The van der Waals surface area contributed by atoms with Gasteiger partial charge in [0.25, 0.3) is 0 Å². The van der Waals surface area contributed by atoms with Gasteiger partial charge in [0.1, 0.15) is 31.2 Å². The van der Waals surface area contributed by atoms with Crippen molar-refractivity contribution in [3.8, 4) is 28.4 Å². The maximum atomic E-state index is 12.6. The van der Waals surface area contributed by atoms with Crippen LogP contribution in [0.1, 0.15) is 12.5 Å². The van der Waals surface area contributed by atoms with E-state index in [9.17, 15) is 9.59 Å². The van der Waals surface area contributed by atoms with Crippen LogP contribution in [0.3, 0.4) is 0 Å². The van der Waals surface area contributed by atoms with E-state index in [1.807, 2.05) is 13.0 Å². The molecule has 0 atom stereocenters. The third-order valence-electron chi connectivity index (χ3n) is 4.41. The fourth-order valence-electron chi connectivity index (χ4n) is 3.14. The highest BCUT2D eigenvalue weighted by atomic mass is 16.6. The van der Waals surface area contributed by atoms with Gasteiger partial charge < -0.3 is 18.6 Å². The first-order chi connectivity index (χ1) is 13.0. The molecule has 3 aromatic rings. The van der Waals surface area contributed by atoms with Gasteiger partial charge in [-0.2, -0.15) is 0 Å². The van der Waals surface area contributed by atoms with Gasteiger partial charge >= 0.3 is 5.63 Å². The van der Waals surface area contributed by atoms with Gasteiger partial charge in [-0.1, -0.05) is 6.07 Å². The highest BCUT2D eigenvalue weighted by Gasteiger charge is 2.18. The molecule has 0 radical (unpaired) electrons. The number of carbonyl (C=O) groups is 1. The van der Waals surface area contributed by atoms with E-state index in [2.05, 4.69) is 0 Å². The molecule has 6 heteroatoms. The number of benzene rings is 2. The van der Waals surface area contributed by atoms with E-state index >= 15 is 0 Å². The number of ketones is 1. The minimum atomic E-state index is -0.422. The zero-order valence-electron chi connectivity index (χ0n) is 15.0. The van der Waals surface area contributed by atoms with Crippen LogP contribution >= 0.6 is 0 Å². The smallest absolute Gasteiger partial charge is 0.344 e. The summed E-state index contributed by atoms with van der Waals surface area (Å²) < 4.78 is 22.1. The number of Topliss-reactive ketones (excluding diaryl/α,β-unsaturated/α-hetero) is 1. The van der Waals surface area contributed by atoms with Gasteiger partial charge in [0, 0.05) is 5.39 Å². The van der Waals surface area contributed by atoms with Crippen molar-refractivity contribution in [1.29, 1.82) is 0 Å². The SMILES string of the molecule is CC(=O)COc1ccc2oc(=O)c(-c3ccc4c(c3)OCCO4)c(C)c2c1. The van der Waals surface area contributed by atoms with Crippen LogP contribution in [-0.4, -0.2) is 25.6 Å². The third kappa shape index (κ3) is 3.26. The first-order valence-electron chi connectivity index (χ1n) is 8.62. The number of rotatable bonds is 4. The molecule has 0 saturated heterocycles. The summed E-state index contributed by atoms with van der Waals surface area (Å²) in [6.45, 7) is 4.30. The predicted molar refractivity (Wildman–Crippen MR) is 99.8 cm³/mol. The maximum Gasteiger partial charge on any atom is 0.344 e. The van der Waals surface area contributed by atoms with Crippen molar-refractivity contribution in [1.82, 2.24) is 0 Å². The monoisotopic (exact) mass is 366 g/mol. The molecule has 0 unspecified atom stereocenters. The molecule has 0 amide bonds. The molecule has 4 rings (SSSR count). The Bertz CT molecular complexity index is 1100. The van der Waals surface area contributed by atoms with Crippen LogP contribution in [0.4, 0.5) is 0 Å². The first kappa shape index (κ1) is 17.1. The van der Waals surface area contributed by atoms with Crippen molar-refractivity contribution in [3.05, 3.63) is 52.4 Å². The molecule has 138 valence electrons. The number of ether oxygens (including phenoxy) is 3. The number of carbonyl (C=O) groups excluding carboxylic acids is 1. The van der Waals surface area contributed by atoms with Crippen LogP contribution < -0.4 is 19.8 Å². The van der Waals surface area contributed by atoms with E-state index in [1.54, 1.807) is 30.3 Å². The average Bonchev–Trinajstić information content (AvgIpc) is 2.66. The van der Waals surface area contributed by atoms with E-state index in [0.717, 1.165) is 10.9 Å². The van der Waals surface area contributed by atoms with E-state index < -0.39 is 5.63 Å². The summed E-state index contributed by atoms with van der Waals surface area (Å²) in [6.07, 6.45) is 0. The van der Waals surface area contributed by atoms with Crippen molar-refractivity contribution in [2.24, 2.45) is 0 Å². The fourth-order valence-corrected chi connectivity index (χ4v) is 3.14. The summed E-state index contributed by atoms with van der Waals surface area (Å²) in [4.78, 5) is 23.7. The highest BCUT2D eigenvalue weighted by molar-refractivity contribution is 5.88. The largest absolute Gasteiger partial charge is 0.486 e. The molecule has 0 aliphatic carbocycles. The Balaban J connectivity index is 1.82.